The Kier molecular flexibility index (Phi) is 4.44. The van der Waals surface area contributed by atoms with Gasteiger partial charge >= 0.3 is 0 Å². The highest BCUT2D eigenvalue weighted by atomic mass is 35.5. The van der Waals surface area contributed by atoms with Crippen LogP contribution in [0.1, 0.15) is 24.2 Å². The molecular weight excluding hydrogens is 328 g/mol. The lowest BCUT2D eigenvalue weighted by Crippen LogP contribution is -2.44. The van der Waals surface area contributed by atoms with Gasteiger partial charge in [-0.1, -0.05) is 11.6 Å². The summed E-state index contributed by atoms with van der Waals surface area (Å²) in [4.78, 5) is 26.2. The van der Waals surface area contributed by atoms with Crippen molar-refractivity contribution in [3.63, 3.8) is 0 Å². The Hall–Kier alpha value is -2.53. The number of nitrogens with one attached hydrogen (secondary N) is 1. The number of likely N-dealkylation sites (N-methyl/N-ethyl adjacent to an activating group) is 1. The first-order valence-electron chi connectivity index (χ1n) is 7.68. The molecule has 1 heterocycles. The van der Waals surface area contributed by atoms with Gasteiger partial charge in [0.1, 0.15) is 5.75 Å². The molecule has 0 spiro atoms. The van der Waals surface area contributed by atoms with Crippen LogP contribution < -0.4 is 15.0 Å². The zero-order chi connectivity index (χ0) is 17.3. The molecule has 0 saturated carbocycles. The normalized spacial score (nSPS) is 16.4. The number of anilines is 2. The highest BCUT2D eigenvalue weighted by Gasteiger charge is 2.30. The van der Waals surface area contributed by atoms with Crippen molar-refractivity contribution in [3.05, 3.63) is 53.1 Å². The van der Waals surface area contributed by atoms with Gasteiger partial charge < -0.3 is 15.0 Å². The van der Waals surface area contributed by atoms with Crippen molar-refractivity contribution < 1.29 is 14.3 Å². The summed E-state index contributed by atoms with van der Waals surface area (Å²) in [6, 6.07) is 11.9. The maximum Gasteiger partial charge on any atom is 0.267 e. The molecule has 0 aliphatic carbocycles. The monoisotopic (exact) mass is 344 g/mol. The zero-order valence-electron chi connectivity index (χ0n) is 13.4. The molecule has 2 aromatic rings. The lowest BCUT2D eigenvalue weighted by molar-refractivity contribution is -0.125. The average molecular weight is 345 g/mol. The first-order valence-corrected chi connectivity index (χ1v) is 8.06. The van der Waals surface area contributed by atoms with Gasteiger partial charge in [0.15, 0.2) is 6.10 Å². The Morgan fingerprint density at radius 1 is 1.25 bits per heavy atom. The molecule has 2 aromatic carbocycles. The van der Waals surface area contributed by atoms with Crippen LogP contribution in [-0.4, -0.2) is 24.5 Å². The average Bonchev–Trinajstić information content (AvgIpc) is 2.57. The SMILES string of the molecule is CCN1C(=O)C(C)Oc2ccc(NC(=O)c3ccc(Cl)cc3)cc21. The van der Waals surface area contributed by atoms with E-state index in [2.05, 4.69) is 5.32 Å². The Balaban J connectivity index is 1.86. The molecule has 24 heavy (non-hydrogen) atoms. The Morgan fingerprint density at radius 2 is 1.96 bits per heavy atom. The summed E-state index contributed by atoms with van der Waals surface area (Å²) < 4.78 is 5.62. The number of halogens is 1. The second kappa shape index (κ2) is 6.53. The van der Waals surface area contributed by atoms with Crippen molar-refractivity contribution in [3.8, 4) is 5.75 Å². The highest BCUT2D eigenvalue weighted by molar-refractivity contribution is 6.30. The third-order valence-electron chi connectivity index (χ3n) is 3.85. The molecule has 1 aliphatic heterocycles. The molecular formula is C18H17ClN2O3. The number of hydrogen-bond donors (Lipinski definition) is 1. The zero-order valence-corrected chi connectivity index (χ0v) is 14.1. The van der Waals surface area contributed by atoms with Gasteiger partial charge in [0.05, 0.1) is 5.69 Å². The van der Waals surface area contributed by atoms with Crippen LogP contribution in [0.2, 0.25) is 5.02 Å². The third kappa shape index (κ3) is 3.08. The minimum Gasteiger partial charge on any atom is -0.479 e. The van der Waals surface area contributed by atoms with Gasteiger partial charge in [-0.15, -0.1) is 0 Å². The molecule has 1 aliphatic rings. The van der Waals surface area contributed by atoms with E-state index in [0.29, 0.717) is 34.3 Å². The van der Waals surface area contributed by atoms with Crippen LogP contribution in [-0.2, 0) is 4.79 Å². The van der Waals surface area contributed by atoms with E-state index in [1.54, 1.807) is 54.3 Å². The number of ether oxygens (including phenoxy) is 1. The van der Waals surface area contributed by atoms with Gasteiger partial charge in [-0.25, -0.2) is 0 Å². The van der Waals surface area contributed by atoms with Crippen LogP contribution in [0, 0.1) is 0 Å². The standard InChI is InChI=1S/C18H17ClN2O3/c1-3-21-15-10-14(8-9-16(15)24-11(2)18(21)23)20-17(22)12-4-6-13(19)7-5-12/h4-11H,3H2,1-2H3,(H,20,22). The Bertz CT molecular complexity index is 789. The summed E-state index contributed by atoms with van der Waals surface area (Å²) in [5.41, 5.74) is 1.76. The van der Waals surface area contributed by atoms with Crippen molar-refractivity contribution in [1.29, 1.82) is 0 Å². The van der Waals surface area contributed by atoms with Crippen LogP contribution >= 0.6 is 11.6 Å². The summed E-state index contributed by atoms with van der Waals surface area (Å²) in [6.45, 7) is 4.16. The predicted molar refractivity (Wildman–Crippen MR) is 94.0 cm³/mol. The fourth-order valence-electron chi connectivity index (χ4n) is 2.62. The molecule has 1 unspecified atom stereocenters. The minimum atomic E-state index is -0.507. The van der Waals surface area contributed by atoms with Crippen molar-refractivity contribution in [2.45, 2.75) is 20.0 Å². The van der Waals surface area contributed by atoms with Gasteiger partial charge in [0.2, 0.25) is 0 Å². The van der Waals surface area contributed by atoms with Gasteiger partial charge in [-0.05, 0) is 56.3 Å². The Labute approximate surface area is 145 Å². The van der Waals surface area contributed by atoms with E-state index in [-0.39, 0.29) is 11.8 Å². The molecule has 0 saturated heterocycles. The molecule has 0 bridgehead atoms. The molecule has 3 rings (SSSR count). The van der Waals surface area contributed by atoms with E-state index in [4.69, 9.17) is 16.3 Å². The number of hydrogen-bond acceptors (Lipinski definition) is 3. The van der Waals surface area contributed by atoms with E-state index in [1.807, 2.05) is 6.92 Å². The lowest BCUT2D eigenvalue weighted by Gasteiger charge is -2.32. The number of amides is 2. The molecule has 0 aromatic heterocycles. The molecule has 0 fully saturated rings. The van der Waals surface area contributed by atoms with Crippen molar-refractivity contribution >= 4 is 34.8 Å². The number of fused-ring (bicyclic) bond motifs is 1. The second-order valence-electron chi connectivity index (χ2n) is 5.49. The summed E-state index contributed by atoms with van der Waals surface area (Å²) in [5, 5.41) is 3.40. The molecule has 1 atom stereocenters. The molecule has 5 nitrogen and oxygen atoms in total. The predicted octanol–water partition coefficient (Wildman–Crippen LogP) is 3.73. The topological polar surface area (TPSA) is 58.6 Å². The van der Waals surface area contributed by atoms with Crippen LogP contribution in [0.25, 0.3) is 0 Å². The first-order chi connectivity index (χ1) is 11.5. The first kappa shape index (κ1) is 16.3. The molecule has 2 amide bonds. The summed E-state index contributed by atoms with van der Waals surface area (Å²) >= 11 is 5.83. The third-order valence-corrected chi connectivity index (χ3v) is 4.10. The van der Waals surface area contributed by atoms with E-state index < -0.39 is 6.10 Å². The van der Waals surface area contributed by atoms with Gasteiger partial charge in [0.25, 0.3) is 11.8 Å². The van der Waals surface area contributed by atoms with Crippen molar-refractivity contribution in [2.75, 3.05) is 16.8 Å². The Morgan fingerprint density at radius 3 is 2.62 bits per heavy atom. The van der Waals surface area contributed by atoms with E-state index in [1.165, 1.54) is 0 Å². The van der Waals surface area contributed by atoms with Crippen LogP contribution in [0.15, 0.2) is 42.5 Å². The van der Waals surface area contributed by atoms with Crippen molar-refractivity contribution in [1.82, 2.24) is 0 Å². The van der Waals surface area contributed by atoms with E-state index in [0.717, 1.165) is 0 Å². The summed E-state index contributed by atoms with van der Waals surface area (Å²) in [7, 11) is 0. The maximum atomic E-state index is 12.3. The quantitative estimate of drug-likeness (QED) is 0.923. The molecule has 1 N–H and O–H groups in total. The van der Waals surface area contributed by atoms with Gasteiger partial charge in [-0.3, -0.25) is 9.59 Å². The van der Waals surface area contributed by atoms with Crippen LogP contribution in [0.4, 0.5) is 11.4 Å². The van der Waals surface area contributed by atoms with Crippen molar-refractivity contribution in [2.24, 2.45) is 0 Å². The van der Waals surface area contributed by atoms with Gasteiger partial charge in [-0.2, -0.15) is 0 Å². The summed E-state index contributed by atoms with van der Waals surface area (Å²) in [6.07, 6.45) is -0.507. The number of rotatable bonds is 3. The largest absolute Gasteiger partial charge is 0.479 e. The maximum absolute atomic E-state index is 12.3. The molecule has 6 heteroatoms. The van der Waals surface area contributed by atoms with Gasteiger partial charge in [0, 0.05) is 22.8 Å². The van der Waals surface area contributed by atoms with Crippen LogP contribution in [0.3, 0.4) is 0 Å². The lowest BCUT2D eigenvalue weighted by atomic mass is 10.1. The highest BCUT2D eigenvalue weighted by Crippen LogP contribution is 2.36. The second-order valence-corrected chi connectivity index (χ2v) is 5.92. The fraction of sp³-hybridized carbons (Fsp3) is 0.222. The number of nitrogens with zero attached hydrogens (tertiary/aromatic N) is 1. The number of benzene rings is 2. The van der Waals surface area contributed by atoms with E-state index in [9.17, 15) is 9.59 Å². The molecule has 0 radical (unpaired) electrons. The number of carbonyl (C=O) groups excluding carboxylic acids is 2. The minimum absolute atomic E-state index is 0.0915. The summed E-state index contributed by atoms with van der Waals surface area (Å²) in [5.74, 6) is 0.297. The van der Waals surface area contributed by atoms with E-state index >= 15 is 0 Å². The van der Waals surface area contributed by atoms with Crippen LogP contribution in [0.5, 0.6) is 5.75 Å². The smallest absolute Gasteiger partial charge is 0.267 e. The fourth-order valence-corrected chi connectivity index (χ4v) is 2.74. The molecule has 124 valence electrons. The number of carbonyl (C=O) groups is 2.